The normalized spacial score (nSPS) is 19.4. The van der Waals surface area contributed by atoms with E-state index in [1.54, 1.807) is 0 Å². The predicted molar refractivity (Wildman–Crippen MR) is 76.2 cm³/mol. The first-order valence-corrected chi connectivity index (χ1v) is 6.97. The lowest BCUT2D eigenvalue weighted by atomic mass is 9.83. The summed E-state index contributed by atoms with van der Waals surface area (Å²) in [5.74, 6) is 0.0619. The maximum absolute atomic E-state index is 12.3. The van der Waals surface area contributed by atoms with Gasteiger partial charge in [-0.2, -0.15) is 0 Å². The van der Waals surface area contributed by atoms with Crippen LogP contribution in [-0.4, -0.2) is 25.2 Å². The minimum absolute atomic E-state index is 0.0619. The minimum atomic E-state index is -0.508. The number of hydrogen-bond donors (Lipinski definition) is 1. The zero-order chi connectivity index (χ0) is 13.9. The van der Waals surface area contributed by atoms with Gasteiger partial charge in [0.2, 0.25) is 5.91 Å². The maximum Gasteiger partial charge on any atom is 0.230 e. The molecule has 3 heteroatoms. The summed E-state index contributed by atoms with van der Waals surface area (Å²) in [6, 6.07) is 8.15. The van der Waals surface area contributed by atoms with Crippen LogP contribution < -0.4 is 5.32 Å². The van der Waals surface area contributed by atoms with Crippen LogP contribution in [0.15, 0.2) is 24.3 Å². The number of nitrogens with one attached hydrogen (secondary N) is 1. The average molecular weight is 261 g/mol. The highest BCUT2D eigenvalue weighted by atomic mass is 16.5. The summed E-state index contributed by atoms with van der Waals surface area (Å²) in [5, 5.41) is 3.01. The Hall–Kier alpha value is -1.35. The quantitative estimate of drug-likeness (QED) is 0.904. The molecule has 19 heavy (non-hydrogen) atoms. The van der Waals surface area contributed by atoms with Crippen LogP contribution in [0, 0.1) is 6.92 Å². The Balaban J connectivity index is 1.97. The molecule has 1 heterocycles. The molecule has 1 aliphatic heterocycles. The molecule has 0 saturated carbocycles. The number of carbonyl (C=O) groups is 1. The van der Waals surface area contributed by atoms with Crippen molar-refractivity contribution in [1.29, 1.82) is 0 Å². The van der Waals surface area contributed by atoms with Crippen LogP contribution in [0.2, 0.25) is 0 Å². The lowest BCUT2D eigenvalue weighted by Gasteiger charge is -2.25. The molecule has 1 unspecified atom stereocenters. The maximum atomic E-state index is 12.3. The fourth-order valence-electron chi connectivity index (χ4n) is 2.33. The van der Waals surface area contributed by atoms with Crippen LogP contribution in [0.3, 0.4) is 0 Å². The molecule has 1 aliphatic rings. The summed E-state index contributed by atoms with van der Waals surface area (Å²) in [5.41, 5.74) is 1.74. The van der Waals surface area contributed by atoms with Gasteiger partial charge in [-0.1, -0.05) is 29.8 Å². The van der Waals surface area contributed by atoms with Crippen LogP contribution in [0.1, 0.15) is 37.8 Å². The summed E-state index contributed by atoms with van der Waals surface area (Å²) in [7, 11) is 0. The van der Waals surface area contributed by atoms with Gasteiger partial charge < -0.3 is 10.1 Å². The lowest BCUT2D eigenvalue weighted by Crippen LogP contribution is -2.43. The van der Waals surface area contributed by atoms with Gasteiger partial charge in [0.05, 0.1) is 11.5 Å². The molecule has 0 bridgehead atoms. The van der Waals surface area contributed by atoms with Crippen molar-refractivity contribution in [2.75, 3.05) is 13.2 Å². The molecule has 1 aromatic rings. The van der Waals surface area contributed by atoms with Gasteiger partial charge >= 0.3 is 0 Å². The van der Waals surface area contributed by atoms with Crippen LogP contribution in [0.4, 0.5) is 0 Å². The van der Waals surface area contributed by atoms with Gasteiger partial charge in [-0.15, -0.1) is 0 Å². The number of benzene rings is 1. The number of amides is 1. The smallest absolute Gasteiger partial charge is 0.230 e. The average Bonchev–Trinajstić information content (AvgIpc) is 2.89. The van der Waals surface area contributed by atoms with Gasteiger partial charge in [0.15, 0.2) is 0 Å². The first-order valence-electron chi connectivity index (χ1n) is 6.97. The Morgan fingerprint density at radius 3 is 2.63 bits per heavy atom. The number of rotatable bonds is 4. The Labute approximate surface area is 115 Å². The van der Waals surface area contributed by atoms with Crippen molar-refractivity contribution in [3.05, 3.63) is 35.4 Å². The standard InChI is InChI=1S/C16H23NO2/c1-12-6-8-13(9-7-12)16(2,3)15(18)17-11-14-5-4-10-19-14/h6-9,14H,4-5,10-11H2,1-3H3,(H,17,18). The van der Waals surface area contributed by atoms with Crippen LogP contribution in [-0.2, 0) is 14.9 Å². The molecular weight excluding hydrogens is 238 g/mol. The van der Waals surface area contributed by atoms with Gasteiger partial charge in [-0.25, -0.2) is 0 Å². The van der Waals surface area contributed by atoms with Gasteiger partial charge in [0.1, 0.15) is 0 Å². The lowest BCUT2D eigenvalue weighted by molar-refractivity contribution is -0.126. The third-order valence-electron chi connectivity index (χ3n) is 3.86. The monoisotopic (exact) mass is 261 g/mol. The fourth-order valence-corrected chi connectivity index (χ4v) is 2.33. The highest BCUT2D eigenvalue weighted by molar-refractivity contribution is 5.87. The Morgan fingerprint density at radius 1 is 1.37 bits per heavy atom. The molecule has 0 radical (unpaired) electrons. The summed E-state index contributed by atoms with van der Waals surface area (Å²) < 4.78 is 5.52. The van der Waals surface area contributed by atoms with E-state index in [0.717, 1.165) is 25.0 Å². The molecule has 1 fully saturated rings. The van der Waals surface area contributed by atoms with E-state index >= 15 is 0 Å². The molecule has 0 spiro atoms. The van der Waals surface area contributed by atoms with Crippen LogP contribution in [0.25, 0.3) is 0 Å². The Bertz CT molecular complexity index is 431. The second kappa shape index (κ2) is 5.74. The first-order chi connectivity index (χ1) is 9.00. The largest absolute Gasteiger partial charge is 0.376 e. The van der Waals surface area contributed by atoms with Gasteiger partial charge in [0, 0.05) is 13.2 Å². The van der Waals surface area contributed by atoms with Crippen molar-refractivity contribution in [3.8, 4) is 0 Å². The van der Waals surface area contributed by atoms with Crippen molar-refractivity contribution in [2.45, 2.75) is 45.1 Å². The van der Waals surface area contributed by atoms with Gasteiger partial charge in [-0.3, -0.25) is 4.79 Å². The van der Waals surface area contributed by atoms with Crippen molar-refractivity contribution in [2.24, 2.45) is 0 Å². The molecule has 1 N–H and O–H groups in total. The third kappa shape index (κ3) is 3.35. The molecule has 0 aromatic heterocycles. The summed E-state index contributed by atoms with van der Waals surface area (Å²) in [6.07, 6.45) is 2.34. The second-order valence-electron chi connectivity index (χ2n) is 5.84. The zero-order valence-corrected chi connectivity index (χ0v) is 12.0. The molecule has 1 amide bonds. The van der Waals surface area contributed by atoms with E-state index in [9.17, 15) is 4.79 Å². The van der Waals surface area contributed by atoms with Crippen molar-refractivity contribution >= 4 is 5.91 Å². The van der Waals surface area contributed by atoms with E-state index in [0.29, 0.717) is 6.54 Å². The molecule has 104 valence electrons. The minimum Gasteiger partial charge on any atom is -0.376 e. The molecule has 1 aromatic carbocycles. The van der Waals surface area contributed by atoms with Crippen molar-refractivity contribution < 1.29 is 9.53 Å². The number of ether oxygens (including phenoxy) is 1. The number of hydrogen-bond acceptors (Lipinski definition) is 2. The second-order valence-corrected chi connectivity index (χ2v) is 5.84. The Morgan fingerprint density at radius 2 is 2.05 bits per heavy atom. The van der Waals surface area contributed by atoms with Gasteiger partial charge in [0.25, 0.3) is 0 Å². The molecule has 3 nitrogen and oxygen atoms in total. The summed E-state index contributed by atoms with van der Waals surface area (Å²) in [6.45, 7) is 7.41. The molecule has 0 aliphatic carbocycles. The predicted octanol–water partition coefficient (Wildman–Crippen LogP) is 2.57. The fraction of sp³-hybridized carbons (Fsp3) is 0.562. The van der Waals surface area contributed by atoms with Crippen LogP contribution in [0.5, 0.6) is 0 Å². The molecular formula is C16H23NO2. The van der Waals surface area contributed by atoms with E-state index in [-0.39, 0.29) is 12.0 Å². The van der Waals surface area contributed by atoms with Crippen molar-refractivity contribution in [3.63, 3.8) is 0 Å². The van der Waals surface area contributed by atoms with Crippen LogP contribution >= 0.6 is 0 Å². The third-order valence-corrected chi connectivity index (χ3v) is 3.86. The molecule has 2 rings (SSSR count). The van der Waals surface area contributed by atoms with E-state index < -0.39 is 5.41 Å². The Kier molecular flexibility index (Phi) is 4.25. The van der Waals surface area contributed by atoms with E-state index in [1.807, 2.05) is 45.0 Å². The van der Waals surface area contributed by atoms with E-state index in [1.165, 1.54) is 5.56 Å². The number of carbonyl (C=O) groups excluding carboxylic acids is 1. The highest BCUT2D eigenvalue weighted by Gasteiger charge is 2.30. The highest BCUT2D eigenvalue weighted by Crippen LogP contribution is 2.24. The zero-order valence-electron chi connectivity index (χ0n) is 12.0. The van der Waals surface area contributed by atoms with E-state index in [4.69, 9.17) is 4.74 Å². The van der Waals surface area contributed by atoms with Gasteiger partial charge in [-0.05, 0) is 39.2 Å². The molecule has 1 saturated heterocycles. The summed E-state index contributed by atoms with van der Waals surface area (Å²) in [4.78, 5) is 12.3. The van der Waals surface area contributed by atoms with Crippen molar-refractivity contribution in [1.82, 2.24) is 5.32 Å². The van der Waals surface area contributed by atoms with E-state index in [2.05, 4.69) is 5.32 Å². The SMILES string of the molecule is Cc1ccc(C(C)(C)C(=O)NCC2CCCO2)cc1. The first kappa shape index (κ1) is 14.1. The molecule has 1 atom stereocenters. The number of aryl methyl sites for hydroxylation is 1. The topological polar surface area (TPSA) is 38.3 Å². The summed E-state index contributed by atoms with van der Waals surface area (Å²) >= 11 is 0.